The van der Waals surface area contributed by atoms with Gasteiger partial charge in [-0.1, -0.05) is 42.5 Å². The molecular formula is C26H32N4O5. The van der Waals surface area contributed by atoms with Gasteiger partial charge in [0.25, 0.3) is 11.8 Å². The molecule has 3 amide bonds. The first kappa shape index (κ1) is 25.9. The lowest BCUT2D eigenvalue weighted by atomic mass is 9.98. The van der Waals surface area contributed by atoms with E-state index in [4.69, 9.17) is 5.73 Å². The number of carbonyl (C=O) groups is 3. The van der Waals surface area contributed by atoms with Crippen molar-refractivity contribution >= 4 is 17.7 Å². The highest BCUT2D eigenvalue weighted by Crippen LogP contribution is 2.22. The molecule has 1 fully saturated rings. The number of nitrogens with zero attached hydrogens (tertiary/aromatic N) is 1. The summed E-state index contributed by atoms with van der Waals surface area (Å²) in [6.45, 7) is 5.53. The van der Waals surface area contributed by atoms with Gasteiger partial charge in [0.15, 0.2) is 6.10 Å². The van der Waals surface area contributed by atoms with Crippen molar-refractivity contribution < 1.29 is 24.6 Å². The summed E-state index contributed by atoms with van der Waals surface area (Å²) in [5.74, 6) is -1.64. The lowest BCUT2D eigenvalue weighted by Crippen LogP contribution is -2.56. The Morgan fingerprint density at radius 3 is 2.60 bits per heavy atom. The number of aromatic hydroxyl groups is 1. The van der Waals surface area contributed by atoms with Crippen molar-refractivity contribution in [2.75, 3.05) is 13.1 Å². The molecule has 9 nitrogen and oxygen atoms in total. The van der Waals surface area contributed by atoms with Crippen LogP contribution in [-0.4, -0.2) is 70.2 Å². The minimum absolute atomic E-state index is 0.0340. The second kappa shape index (κ2) is 11.6. The van der Waals surface area contributed by atoms with E-state index in [2.05, 4.69) is 17.2 Å². The molecule has 9 heteroatoms. The van der Waals surface area contributed by atoms with E-state index in [0.717, 1.165) is 5.56 Å². The van der Waals surface area contributed by atoms with Crippen LogP contribution >= 0.6 is 0 Å². The second-order valence-corrected chi connectivity index (χ2v) is 8.70. The third-order valence-corrected chi connectivity index (χ3v) is 6.14. The van der Waals surface area contributed by atoms with Crippen molar-refractivity contribution in [2.45, 2.75) is 44.0 Å². The van der Waals surface area contributed by atoms with Crippen LogP contribution in [0.2, 0.25) is 0 Å². The summed E-state index contributed by atoms with van der Waals surface area (Å²) < 4.78 is 0. The van der Waals surface area contributed by atoms with Crippen molar-refractivity contribution in [3.05, 3.63) is 77.9 Å². The Hall–Kier alpha value is -3.69. The van der Waals surface area contributed by atoms with Crippen LogP contribution in [0.5, 0.6) is 5.75 Å². The smallest absolute Gasteiger partial charge is 0.254 e. The van der Waals surface area contributed by atoms with E-state index in [0.29, 0.717) is 5.56 Å². The summed E-state index contributed by atoms with van der Waals surface area (Å²) in [5.41, 5.74) is 7.45. The molecule has 0 spiro atoms. The Morgan fingerprint density at radius 1 is 1.20 bits per heavy atom. The molecule has 1 aliphatic heterocycles. The van der Waals surface area contributed by atoms with Crippen LogP contribution in [0.4, 0.5) is 0 Å². The highest BCUT2D eigenvalue weighted by atomic mass is 16.3. The van der Waals surface area contributed by atoms with E-state index in [-0.39, 0.29) is 43.2 Å². The standard InChI is InChI=1S/C26H32N4O5/c1-3-12-28-25(34)21-14-18(27)15-30(21)26(35)23(32)20(13-17-8-5-4-6-9-17)29-24(33)19-10-7-11-22(31)16(19)2/h3-11,18,20-21,23,31-32H,1,12-15,27H2,2H3,(H,28,34)(H,29,33). The Morgan fingerprint density at radius 2 is 1.91 bits per heavy atom. The fourth-order valence-electron chi connectivity index (χ4n) is 4.22. The molecule has 1 aliphatic rings. The number of benzene rings is 2. The van der Waals surface area contributed by atoms with Crippen molar-refractivity contribution in [1.29, 1.82) is 0 Å². The number of carbonyl (C=O) groups excluding carboxylic acids is 3. The topological polar surface area (TPSA) is 145 Å². The SMILES string of the molecule is C=CCNC(=O)C1CC(N)CN1C(=O)C(O)C(Cc1ccccc1)NC(=O)c1cccc(O)c1C. The molecule has 0 aliphatic carbocycles. The maximum atomic E-state index is 13.4. The number of aliphatic hydroxyl groups excluding tert-OH is 1. The van der Waals surface area contributed by atoms with Gasteiger partial charge >= 0.3 is 0 Å². The molecule has 1 heterocycles. The van der Waals surface area contributed by atoms with Crippen molar-refractivity contribution in [3.63, 3.8) is 0 Å². The summed E-state index contributed by atoms with van der Waals surface area (Å²) >= 11 is 0. The molecule has 6 N–H and O–H groups in total. The summed E-state index contributed by atoms with van der Waals surface area (Å²) in [6.07, 6.45) is 0.337. The zero-order chi connectivity index (χ0) is 25.5. The number of nitrogens with one attached hydrogen (secondary N) is 2. The molecule has 3 rings (SSSR count). The Balaban J connectivity index is 1.85. The van der Waals surface area contributed by atoms with E-state index in [9.17, 15) is 24.6 Å². The number of aliphatic hydroxyl groups is 1. The van der Waals surface area contributed by atoms with Crippen molar-refractivity contribution in [1.82, 2.24) is 15.5 Å². The maximum absolute atomic E-state index is 13.4. The van der Waals surface area contributed by atoms with Crippen LogP contribution in [0.3, 0.4) is 0 Å². The van der Waals surface area contributed by atoms with Gasteiger partial charge in [0.05, 0.1) is 6.04 Å². The second-order valence-electron chi connectivity index (χ2n) is 8.70. The summed E-state index contributed by atoms with van der Waals surface area (Å²) in [5, 5.41) is 26.5. The third-order valence-electron chi connectivity index (χ3n) is 6.14. The van der Waals surface area contributed by atoms with Gasteiger partial charge in [-0.05, 0) is 37.5 Å². The van der Waals surface area contributed by atoms with Crippen molar-refractivity contribution in [2.24, 2.45) is 5.73 Å². The fraction of sp³-hybridized carbons (Fsp3) is 0.346. The average Bonchev–Trinajstić information content (AvgIpc) is 3.25. The number of hydrogen-bond acceptors (Lipinski definition) is 6. The van der Waals surface area contributed by atoms with Crippen LogP contribution in [0.1, 0.15) is 27.9 Å². The van der Waals surface area contributed by atoms with Crippen LogP contribution in [0.25, 0.3) is 0 Å². The van der Waals surface area contributed by atoms with Crippen LogP contribution in [-0.2, 0) is 16.0 Å². The number of rotatable bonds is 9. The number of likely N-dealkylation sites (tertiary alicyclic amines) is 1. The van der Waals surface area contributed by atoms with Crippen molar-refractivity contribution in [3.8, 4) is 5.75 Å². The lowest BCUT2D eigenvalue weighted by molar-refractivity contribution is -0.146. The molecule has 2 aromatic rings. The molecule has 186 valence electrons. The largest absolute Gasteiger partial charge is 0.508 e. The monoisotopic (exact) mass is 480 g/mol. The van der Waals surface area contributed by atoms with E-state index in [1.165, 1.54) is 17.0 Å². The van der Waals surface area contributed by atoms with E-state index < -0.39 is 36.0 Å². The summed E-state index contributed by atoms with van der Waals surface area (Å²) in [6, 6.07) is 11.5. The third kappa shape index (κ3) is 6.26. The van der Waals surface area contributed by atoms with Gasteiger partial charge in [-0.2, -0.15) is 0 Å². The summed E-state index contributed by atoms with van der Waals surface area (Å²) in [4.78, 5) is 40.3. The lowest BCUT2D eigenvalue weighted by Gasteiger charge is -2.30. The predicted molar refractivity (Wildman–Crippen MR) is 132 cm³/mol. The van der Waals surface area contributed by atoms with Gasteiger partial charge in [-0.15, -0.1) is 6.58 Å². The first-order chi connectivity index (χ1) is 16.7. The molecule has 35 heavy (non-hydrogen) atoms. The van der Waals surface area contributed by atoms with Gasteiger partial charge in [0.1, 0.15) is 11.8 Å². The molecule has 0 radical (unpaired) electrons. The van der Waals surface area contributed by atoms with Gasteiger partial charge < -0.3 is 31.5 Å². The average molecular weight is 481 g/mol. The van der Waals surface area contributed by atoms with Gasteiger partial charge in [0, 0.05) is 30.3 Å². The van der Waals surface area contributed by atoms with Crippen LogP contribution in [0.15, 0.2) is 61.2 Å². The zero-order valence-electron chi connectivity index (χ0n) is 19.7. The van der Waals surface area contributed by atoms with E-state index in [1.54, 1.807) is 19.1 Å². The number of hydrogen-bond donors (Lipinski definition) is 5. The molecule has 4 unspecified atom stereocenters. The predicted octanol–water partition coefficient (Wildman–Crippen LogP) is 0.633. The summed E-state index contributed by atoms with van der Waals surface area (Å²) in [7, 11) is 0. The molecule has 4 atom stereocenters. The molecule has 1 saturated heterocycles. The van der Waals surface area contributed by atoms with E-state index in [1.807, 2.05) is 30.3 Å². The van der Waals surface area contributed by atoms with Crippen LogP contribution in [0, 0.1) is 6.92 Å². The Labute approximate surface area is 204 Å². The highest BCUT2D eigenvalue weighted by molar-refractivity contribution is 5.97. The Bertz CT molecular complexity index is 1070. The number of phenols is 1. The normalized spacial score (nSPS) is 19.0. The first-order valence-electron chi connectivity index (χ1n) is 11.5. The first-order valence-corrected chi connectivity index (χ1v) is 11.5. The van der Waals surface area contributed by atoms with Gasteiger partial charge in [0.2, 0.25) is 5.91 Å². The quantitative estimate of drug-likeness (QED) is 0.333. The molecule has 0 aromatic heterocycles. The Kier molecular flexibility index (Phi) is 8.62. The number of nitrogens with two attached hydrogens (primary N) is 1. The van der Waals surface area contributed by atoms with Crippen LogP contribution < -0.4 is 16.4 Å². The zero-order valence-corrected chi connectivity index (χ0v) is 19.7. The van der Waals surface area contributed by atoms with E-state index >= 15 is 0 Å². The molecule has 0 saturated carbocycles. The minimum atomic E-state index is -1.63. The minimum Gasteiger partial charge on any atom is -0.508 e. The van der Waals surface area contributed by atoms with Gasteiger partial charge in [-0.3, -0.25) is 14.4 Å². The fourth-order valence-corrected chi connectivity index (χ4v) is 4.22. The molecule has 2 aromatic carbocycles. The number of amides is 3. The number of phenolic OH excluding ortho intramolecular Hbond substituents is 1. The highest BCUT2D eigenvalue weighted by Gasteiger charge is 2.42. The molecular weight excluding hydrogens is 448 g/mol. The van der Waals surface area contributed by atoms with Gasteiger partial charge in [-0.25, -0.2) is 0 Å². The maximum Gasteiger partial charge on any atom is 0.254 e. The molecule has 0 bridgehead atoms.